The quantitative estimate of drug-likeness (QED) is 0.483. The van der Waals surface area contributed by atoms with Crippen LogP contribution in [0.4, 0.5) is 0 Å². The fourth-order valence-electron chi connectivity index (χ4n) is 2.71. The maximum atomic E-state index is 2.63. The van der Waals surface area contributed by atoms with E-state index in [1.54, 1.807) is 12.5 Å². The van der Waals surface area contributed by atoms with E-state index in [1.165, 1.54) is 52.0 Å². The summed E-state index contributed by atoms with van der Waals surface area (Å²) in [5.74, 6) is 0. The molecule has 0 aromatic carbocycles. The molecule has 0 saturated heterocycles. The van der Waals surface area contributed by atoms with Gasteiger partial charge in [-0.25, -0.2) is 0 Å². The van der Waals surface area contributed by atoms with Crippen LogP contribution in [0.3, 0.4) is 0 Å². The zero-order valence-electron chi connectivity index (χ0n) is 14.2. The van der Waals surface area contributed by atoms with Gasteiger partial charge < -0.3 is 0 Å². The van der Waals surface area contributed by atoms with Crippen molar-refractivity contribution in [3.63, 3.8) is 0 Å². The number of nitrogens with zero attached hydrogens (tertiary/aromatic N) is 2. The van der Waals surface area contributed by atoms with Crippen LogP contribution < -0.4 is 0 Å². The molecule has 0 spiro atoms. The Balaban J connectivity index is 3.68. The van der Waals surface area contributed by atoms with Gasteiger partial charge in [0.05, 0.1) is 0 Å². The minimum absolute atomic E-state index is 1.13. The van der Waals surface area contributed by atoms with Gasteiger partial charge in [-0.3, -0.25) is 0 Å². The van der Waals surface area contributed by atoms with Crippen molar-refractivity contribution in [1.82, 2.24) is 9.80 Å². The van der Waals surface area contributed by atoms with Crippen molar-refractivity contribution in [3.05, 3.63) is 0 Å². The fraction of sp³-hybridized carbons (Fsp3) is 1.00. The van der Waals surface area contributed by atoms with Crippen molar-refractivity contribution in [3.8, 4) is 0 Å². The summed E-state index contributed by atoms with van der Waals surface area (Å²) in [4.78, 5) is 5.09. The summed E-state index contributed by atoms with van der Waals surface area (Å²) in [6, 6.07) is 0. The molecule has 2 nitrogen and oxygen atoms in total. The average Bonchev–Trinajstić information content (AvgIpc) is 2.44. The first-order valence-electron chi connectivity index (χ1n) is 8.58. The first kappa shape index (κ1) is 19.8. The summed E-state index contributed by atoms with van der Waals surface area (Å²) < 4.78 is 4.83. The molecule has 0 radical (unpaired) electrons. The second-order valence-electron chi connectivity index (χ2n) is 5.89. The Labute approximate surface area is 130 Å². The van der Waals surface area contributed by atoms with Crippen LogP contribution in [0.1, 0.15) is 47.0 Å². The van der Waals surface area contributed by atoms with E-state index in [9.17, 15) is 0 Å². The monoisotopic (exact) mass is 372 g/mol. The SMILES string of the molecule is CCCN(CC)CC[CH2][In]([CH2]C)[CH2]CCN(C)CC. The number of rotatable bonds is 13. The summed E-state index contributed by atoms with van der Waals surface area (Å²) in [6.45, 7) is 15.7. The van der Waals surface area contributed by atoms with Gasteiger partial charge >= 0.3 is 130 Å². The molecular weight excluding hydrogens is 335 g/mol. The Morgan fingerprint density at radius 2 is 1.42 bits per heavy atom. The third-order valence-corrected chi connectivity index (χ3v) is 14.6. The van der Waals surface area contributed by atoms with Crippen molar-refractivity contribution in [2.75, 3.05) is 39.8 Å². The maximum absolute atomic E-state index is 2.63. The van der Waals surface area contributed by atoms with E-state index in [2.05, 4.69) is 44.5 Å². The molecule has 0 N–H and O–H groups in total. The molecule has 0 aliphatic heterocycles. The molecule has 0 aromatic heterocycles. The summed E-state index contributed by atoms with van der Waals surface area (Å²) in [5, 5.41) is 0. The summed E-state index contributed by atoms with van der Waals surface area (Å²) in [7, 11) is 2.25. The van der Waals surface area contributed by atoms with E-state index in [4.69, 9.17) is 0 Å². The predicted octanol–water partition coefficient (Wildman–Crippen LogP) is 3.96. The molecule has 0 aliphatic rings. The molecule has 3 heteroatoms. The zero-order chi connectivity index (χ0) is 14.5. The average molecular weight is 372 g/mol. The normalized spacial score (nSPS) is 11.5. The summed E-state index contributed by atoms with van der Waals surface area (Å²) in [6.07, 6.45) is 4.25. The van der Waals surface area contributed by atoms with Crippen LogP contribution in [0.5, 0.6) is 0 Å². The minimum atomic E-state index is -1.13. The van der Waals surface area contributed by atoms with Gasteiger partial charge in [0.2, 0.25) is 0 Å². The van der Waals surface area contributed by atoms with Gasteiger partial charge in [0.25, 0.3) is 0 Å². The van der Waals surface area contributed by atoms with Crippen LogP contribution in [0.15, 0.2) is 0 Å². The Bertz CT molecular complexity index is 188. The van der Waals surface area contributed by atoms with E-state index in [0.29, 0.717) is 0 Å². The van der Waals surface area contributed by atoms with Gasteiger partial charge in [0.1, 0.15) is 0 Å². The Morgan fingerprint density at radius 1 is 0.789 bits per heavy atom. The predicted molar refractivity (Wildman–Crippen MR) is 90.7 cm³/mol. The number of hydrogen-bond donors (Lipinski definition) is 0. The fourth-order valence-corrected chi connectivity index (χ4v) is 10.2. The summed E-state index contributed by atoms with van der Waals surface area (Å²) >= 11 is -1.13. The molecule has 0 saturated carbocycles. The molecule has 0 heterocycles. The van der Waals surface area contributed by atoms with E-state index in [1.807, 2.05) is 0 Å². The zero-order valence-corrected chi connectivity index (χ0v) is 17.5. The van der Waals surface area contributed by atoms with Gasteiger partial charge in [0, 0.05) is 0 Å². The van der Waals surface area contributed by atoms with Crippen LogP contribution in [-0.2, 0) is 0 Å². The molecule has 0 bridgehead atoms. The molecule has 0 unspecified atom stereocenters. The van der Waals surface area contributed by atoms with Gasteiger partial charge in [-0.15, -0.1) is 0 Å². The van der Waals surface area contributed by atoms with E-state index < -0.39 is 21.4 Å². The molecule has 0 amide bonds. The van der Waals surface area contributed by atoms with Crippen molar-refractivity contribution in [1.29, 1.82) is 0 Å². The van der Waals surface area contributed by atoms with Gasteiger partial charge in [-0.2, -0.15) is 0 Å². The Kier molecular flexibility index (Phi) is 14.3. The molecular formula is C16H37InN2. The second-order valence-corrected chi connectivity index (χ2v) is 16.5. The molecule has 0 aliphatic carbocycles. The van der Waals surface area contributed by atoms with Crippen molar-refractivity contribution < 1.29 is 0 Å². The standard InChI is InChI=1S/C8H18N.C6H14N.C2H5.In/c1-4-7-9(6-3)8-5-2;1-4-6-7(3)5-2;1-2;/h1,4-8H2,2-3H3;1,4-6H2,2-3H3;1H2,2H3;. The van der Waals surface area contributed by atoms with Gasteiger partial charge in [0.15, 0.2) is 0 Å². The molecule has 19 heavy (non-hydrogen) atoms. The van der Waals surface area contributed by atoms with Crippen molar-refractivity contribution in [2.45, 2.75) is 59.5 Å². The van der Waals surface area contributed by atoms with Crippen molar-refractivity contribution in [2.24, 2.45) is 0 Å². The molecule has 0 aromatic rings. The Hall–Kier alpha value is 0.790. The first-order chi connectivity index (χ1) is 9.17. The molecule has 0 rings (SSSR count). The third-order valence-electron chi connectivity index (χ3n) is 4.34. The van der Waals surface area contributed by atoms with Gasteiger partial charge in [-0.05, 0) is 0 Å². The second kappa shape index (κ2) is 13.8. The summed E-state index contributed by atoms with van der Waals surface area (Å²) in [5.41, 5.74) is 0. The topological polar surface area (TPSA) is 6.48 Å². The van der Waals surface area contributed by atoms with E-state index >= 15 is 0 Å². The van der Waals surface area contributed by atoms with E-state index in [0.717, 1.165) is 0 Å². The van der Waals surface area contributed by atoms with Crippen LogP contribution >= 0.6 is 0 Å². The number of hydrogen-bond acceptors (Lipinski definition) is 2. The molecule has 0 fully saturated rings. The van der Waals surface area contributed by atoms with E-state index in [-0.39, 0.29) is 0 Å². The molecule has 114 valence electrons. The van der Waals surface area contributed by atoms with Crippen LogP contribution in [0.25, 0.3) is 0 Å². The van der Waals surface area contributed by atoms with Crippen LogP contribution in [0, 0.1) is 0 Å². The molecule has 0 atom stereocenters. The third kappa shape index (κ3) is 11.2. The van der Waals surface area contributed by atoms with Crippen LogP contribution in [-0.4, -0.2) is 71.0 Å². The first-order valence-corrected chi connectivity index (χ1v) is 15.6. The van der Waals surface area contributed by atoms with Crippen LogP contribution in [0.2, 0.25) is 12.5 Å². The Morgan fingerprint density at radius 3 is 1.89 bits per heavy atom. The van der Waals surface area contributed by atoms with Crippen molar-refractivity contribution >= 4 is 21.4 Å². The van der Waals surface area contributed by atoms with Gasteiger partial charge in [-0.1, -0.05) is 0 Å².